The molecule has 3 rings (SSSR count). The second kappa shape index (κ2) is 8.31. The molecule has 5 heteroatoms. The lowest BCUT2D eigenvalue weighted by Gasteiger charge is -2.18. The largest absolute Gasteiger partial charge is 0.445 e. The fourth-order valence-electron chi connectivity index (χ4n) is 3.20. The number of hydrogen-bond donors (Lipinski definition) is 0. The summed E-state index contributed by atoms with van der Waals surface area (Å²) < 4.78 is 11.3. The molecular weight excluding hydrogens is 292 g/mol. The van der Waals surface area contributed by atoms with Crippen LogP contribution < -0.4 is 0 Å². The molecule has 0 spiro atoms. The van der Waals surface area contributed by atoms with Gasteiger partial charge in [0.2, 0.25) is 0 Å². The van der Waals surface area contributed by atoms with Crippen molar-refractivity contribution in [2.75, 3.05) is 39.3 Å². The second-order valence-electron chi connectivity index (χ2n) is 6.32. The molecule has 0 aliphatic carbocycles. The van der Waals surface area contributed by atoms with Gasteiger partial charge in [0, 0.05) is 13.1 Å². The fraction of sp³-hybridized carbons (Fsp3) is 0.611. The first-order valence-electron chi connectivity index (χ1n) is 8.61. The van der Waals surface area contributed by atoms with E-state index in [1.165, 1.54) is 25.9 Å². The molecule has 126 valence electrons. The molecule has 1 unspecified atom stereocenters. The zero-order valence-electron chi connectivity index (χ0n) is 13.7. The van der Waals surface area contributed by atoms with Gasteiger partial charge in [0.1, 0.15) is 6.61 Å². The Kier molecular flexibility index (Phi) is 5.88. The van der Waals surface area contributed by atoms with E-state index >= 15 is 0 Å². The summed E-state index contributed by atoms with van der Waals surface area (Å²) in [4.78, 5) is 16.3. The summed E-state index contributed by atoms with van der Waals surface area (Å²) in [6.07, 6.45) is 3.44. The van der Waals surface area contributed by atoms with E-state index in [2.05, 4.69) is 4.90 Å². The van der Waals surface area contributed by atoms with Crippen molar-refractivity contribution < 1.29 is 14.3 Å². The minimum absolute atomic E-state index is 0.155. The van der Waals surface area contributed by atoms with E-state index in [0.29, 0.717) is 13.2 Å². The van der Waals surface area contributed by atoms with Gasteiger partial charge in [-0.2, -0.15) is 0 Å². The molecule has 0 bridgehead atoms. The SMILES string of the molecule is O=C(OCc1ccccc1)N1CCC(OCCN2CCCC2)C1. The van der Waals surface area contributed by atoms with Crippen molar-refractivity contribution in [3.63, 3.8) is 0 Å². The summed E-state index contributed by atoms with van der Waals surface area (Å²) in [6, 6.07) is 9.77. The highest BCUT2D eigenvalue weighted by molar-refractivity contribution is 5.68. The highest BCUT2D eigenvalue weighted by Crippen LogP contribution is 2.15. The number of nitrogens with zero attached hydrogens (tertiary/aromatic N) is 2. The Bertz CT molecular complexity index is 488. The van der Waals surface area contributed by atoms with Gasteiger partial charge in [-0.05, 0) is 37.9 Å². The molecule has 23 heavy (non-hydrogen) atoms. The predicted octanol–water partition coefficient (Wildman–Crippen LogP) is 2.51. The van der Waals surface area contributed by atoms with Crippen molar-refractivity contribution >= 4 is 6.09 Å². The summed E-state index contributed by atoms with van der Waals surface area (Å²) in [7, 11) is 0. The number of rotatable bonds is 6. The van der Waals surface area contributed by atoms with Gasteiger partial charge in [-0.1, -0.05) is 30.3 Å². The van der Waals surface area contributed by atoms with Gasteiger partial charge in [0.25, 0.3) is 0 Å². The van der Waals surface area contributed by atoms with Crippen molar-refractivity contribution in [3.05, 3.63) is 35.9 Å². The average Bonchev–Trinajstić information content (AvgIpc) is 3.25. The van der Waals surface area contributed by atoms with Gasteiger partial charge in [-0.3, -0.25) is 0 Å². The Balaban J connectivity index is 1.33. The third-order valence-corrected chi connectivity index (χ3v) is 4.57. The summed E-state index contributed by atoms with van der Waals surface area (Å²) in [5.41, 5.74) is 1.01. The zero-order chi connectivity index (χ0) is 15.9. The first-order valence-corrected chi connectivity index (χ1v) is 8.61. The normalized spacial score (nSPS) is 21.7. The third kappa shape index (κ3) is 4.94. The monoisotopic (exact) mass is 318 g/mol. The molecule has 1 aromatic rings. The van der Waals surface area contributed by atoms with Crippen molar-refractivity contribution in [3.8, 4) is 0 Å². The lowest BCUT2D eigenvalue weighted by Crippen LogP contribution is -2.31. The third-order valence-electron chi connectivity index (χ3n) is 4.57. The molecule has 2 aliphatic heterocycles. The van der Waals surface area contributed by atoms with Crippen LogP contribution in [0, 0.1) is 0 Å². The molecular formula is C18H26N2O3. The Morgan fingerprint density at radius 1 is 1.13 bits per heavy atom. The smallest absolute Gasteiger partial charge is 0.410 e. The van der Waals surface area contributed by atoms with Crippen LogP contribution >= 0.6 is 0 Å². The van der Waals surface area contributed by atoms with Crippen LogP contribution in [-0.2, 0) is 16.1 Å². The molecule has 5 nitrogen and oxygen atoms in total. The summed E-state index contributed by atoms with van der Waals surface area (Å²) in [5.74, 6) is 0. The van der Waals surface area contributed by atoms with Gasteiger partial charge in [0.05, 0.1) is 19.3 Å². The van der Waals surface area contributed by atoms with E-state index in [1.807, 2.05) is 30.3 Å². The Morgan fingerprint density at radius 2 is 1.91 bits per heavy atom. The number of amides is 1. The Labute approximate surface area is 138 Å². The molecule has 2 aliphatic rings. The van der Waals surface area contributed by atoms with Crippen LogP contribution in [0.15, 0.2) is 30.3 Å². The molecule has 1 atom stereocenters. The lowest BCUT2D eigenvalue weighted by molar-refractivity contribution is 0.0432. The van der Waals surface area contributed by atoms with Crippen LogP contribution in [0.1, 0.15) is 24.8 Å². The van der Waals surface area contributed by atoms with E-state index < -0.39 is 0 Å². The zero-order valence-corrected chi connectivity index (χ0v) is 13.7. The van der Waals surface area contributed by atoms with E-state index in [-0.39, 0.29) is 12.2 Å². The molecule has 0 N–H and O–H groups in total. The summed E-state index contributed by atoms with van der Waals surface area (Å²) in [5, 5.41) is 0. The number of carbonyl (C=O) groups is 1. The average molecular weight is 318 g/mol. The van der Waals surface area contributed by atoms with Crippen molar-refractivity contribution in [2.45, 2.75) is 32.0 Å². The van der Waals surface area contributed by atoms with E-state index in [4.69, 9.17) is 9.47 Å². The minimum atomic E-state index is -0.237. The molecule has 2 fully saturated rings. The fourth-order valence-corrected chi connectivity index (χ4v) is 3.20. The summed E-state index contributed by atoms with van der Waals surface area (Å²) in [6.45, 7) is 5.87. The number of likely N-dealkylation sites (tertiary alicyclic amines) is 2. The van der Waals surface area contributed by atoms with Crippen LogP contribution in [0.25, 0.3) is 0 Å². The van der Waals surface area contributed by atoms with Crippen molar-refractivity contribution in [1.29, 1.82) is 0 Å². The first-order chi connectivity index (χ1) is 11.3. The second-order valence-corrected chi connectivity index (χ2v) is 6.32. The molecule has 2 saturated heterocycles. The van der Waals surface area contributed by atoms with Gasteiger partial charge in [0.15, 0.2) is 0 Å². The first kappa shape index (κ1) is 16.3. The maximum absolute atomic E-state index is 12.1. The van der Waals surface area contributed by atoms with Gasteiger partial charge < -0.3 is 19.3 Å². The molecule has 1 aromatic carbocycles. The van der Waals surface area contributed by atoms with Crippen LogP contribution in [0.4, 0.5) is 4.79 Å². The molecule has 2 heterocycles. The maximum atomic E-state index is 12.1. The highest BCUT2D eigenvalue weighted by Gasteiger charge is 2.28. The Morgan fingerprint density at radius 3 is 2.70 bits per heavy atom. The van der Waals surface area contributed by atoms with Crippen molar-refractivity contribution in [1.82, 2.24) is 9.80 Å². The quantitative estimate of drug-likeness (QED) is 0.808. The topological polar surface area (TPSA) is 42.0 Å². The predicted molar refractivity (Wildman–Crippen MR) is 88.2 cm³/mol. The lowest BCUT2D eigenvalue weighted by atomic mass is 10.2. The van der Waals surface area contributed by atoms with E-state index in [1.54, 1.807) is 4.90 Å². The Hall–Kier alpha value is -1.59. The maximum Gasteiger partial charge on any atom is 0.410 e. The molecule has 0 aromatic heterocycles. The highest BCUT2D eigenvalue weighted by atomic mass is 16.6. The van der Waals surface area contributed by atoms with Crippen LogP contribution in [0.3, 0.4) is 0 Å². The minimum Gasteiger partial charge on any atom is -0.445 e. The van der Waals surface area contributed by atoms with Crippen LogP contribution in [0.5, 0.6) is 0 Å². The molecule has 0 radical (unpaired) electrons. The van der Waals surface area contributed by atoms with E-state index in [9.17, 15) is 4.79 Å². The van der Waals surface area contributed by atoms with Crippen molar-refractivity contribution in [2.24, 2.45) is 0 Å². The number of hydrogen-bond acceptors (Lipinski definition) is 4. The van der Waals surface area contributed by atoms with Gasteiger partial charge in [-0.25, -0.2) is 4.79 Å². The summed E-state index contributed by atoms with van der Waals surface area (Å²) >= 11 is 0. The van der Waals surface area contributed by atoms with Crippen LogP contribution in [-0.4, -0.2) is 61.3 Å². The van der Waals surface area contributed by atoms with E-state index in [0.717, 1.165) is 31.7 Å². The molecule has 1 amide bonds. The standard InChI is InChI=1S/C18H26N2O3/c21-18(23-15-16-6-2-1-3-7-16)20-11-8-17(14-20)22-13-12-19-9-4-5-10-19/h1-3,6-7,17H,4-5,8-15H2. The molecule has 0 saturated carbocycles. The number of benzene rings is 1. The van der Waals surface area contributed by atoms with Gasteiger partial charge >= 0.3 is 6.09 Å². The van der Waals surface area contributed by atoms with Crippen LogP contribution in [0.2, 0.25) is 0 Å². The number of carbonyl (C=O) groups excluding carboxylic acids is 1. The van der Waals surface area contributed by atoms with Gasteiger partial charge in [-0.15, -0.1) is 0 Å². The number of ether oxygens (including phenoxy) is 2.